The summed E-state index contributed by atoms with van der Waals surface area (Å²) in [4.78, 5) is 29.0. The maximum Gasteiger partial charge on any atom is 0.406 e. The lowest BCUT2D eigenvalue weighted by atomic mass is 10.1. The van der Waals surface area contributed by atoms with E-state index in [1.165, 1.54) is 7.05 Å². The Labute approximate surface area is 198 Å². The average molecular weight is 464 g/mol. The summed E-state index contributed by atoms with van der Waals surface area (Å²) in [6.45, 7) is 1.44. The minimum Gasteiger partial charge on any atom is -0.450 e. The number of anilines is 3. The monoisotopic (exact) mass is 463 g/mol. The first-order valence-corrected chi connectivity index (χ1v) is 11.3. The standard InChI is InChI=1S/C26H26ClN3O3/c1-28-26(32)33-16-8-7-15-29-22-11-5-6-12-23(22)30(18-19-9-3-2-4-10-19)25(31)21-14-13-20(27)17-24(21)29/h2-6,9-14,17H,7-8,15-16,18H2,1H3,(H,28,32). The van der Waals surface area contributed by atoms with Crippen LogP contribution in [0.2, 0.25) is 5.02 Å². The van der Waals surface area contributed by atoms with E-state index in [0.717, 1.165) is 29.0 Å². The molecule has 0 fully saturated rings. The Morgan fingerprint density at radius 2 is 1.61 bits per heavy atom. The number of hydrogen-bond acceptors (Lipinski definition) is 4. The number of ether oxygens (including phenoxy) is 1. The van der Waals surface area contributed by atoms with Crippen molar-refractivity contribution in [3.05, 3.63) is 88.9 Å². The number of carbonyl (C=O) groups is 2. The topological polar surface area (TPSA) is 61.9 Å². The number of nitrogens with one attached hydrogen (secondary N) is 1. The molecule has 6 nitrogen and oxygen atoms in total. The van der Waals surface area contributed by atoms with E-state index in [1.807, 2.05) is 65.6 Å². The average Bonchev–Trinajstić information content (AvgIpc) is 2.93. The van der Waals surface area contributed by atoms with Gasteiger partial charge in [0.1, 0.15) is 0 Å². The summed E-state index contributed by atoms with van der Waals surface area (Å²) in [5, 5.41) is 3.02. The molecular weight excluding hydrogens is 438 g/mol. The van der Waals surface area contributed by atoms with Gasteiger partial charge in [-0.25, -0.2) is 4.79 Å². The van der Waals surface area contributed by atoms with E-state index in [1.54, 1.807) is 12.1 Å². The predicted molar refractivity (Wildman–Crippen MR) is 131 cm³/mol. The van der Waals surface area contributed by atoms with Gasteiger partial charge in [0.2, 0.25) is 0 Å². The molecule has 3 aromatic rings. The quantitative estimate of drug-likeness (QED) is 0.451. The minimum atomic E-state index is -0.436. The third kappa shape index (κ3) is 5.12. The Morgan fingerprint density at radius 1 is 0.909 bits per heavy atom. The lowest BCUT2D eigenvalue weighted by Gasteiger charge is -2.27. The molecule has 0 spiro atoms. The molecule has 170 valence electrons. The second-order valence-corrected chi connectivity index (χ2v) is 8.21. The van der Waals surface area contributed by atoms with Crippen LogP contribution in [-0.4, -0.2) is 32.2 Å². The Balaban J connectivity index is 1.68. The van der Waals surface area contributed by atoms with Crippen molar-refractivity contribution in [1.29, 1.82) is 0 Å². The normalized spacial score (nSPS) is 12.6. The van der Waals surface area contributed by atoms with Crippen LogP contribution in [0.15, 0.2) is 72.8 Å². The van der Waals surface area contributed by atoms with Crippen molar-refractivity contribution in [3.63, 3.8) is 0 Å². The van der Waals surface area contributed by atoms with Gasteiger partial charge in [-0.1, -0.05) is 54.1 Å². The highest BCUT2D eigenvalue weighted by Gasteiger charge is 2.31. The number of hydrogen-bond donors (Lipinski definition) is 1. The lowest BCUT2D eigenvalue weighted by molar-refractivity contribution is 0.0986. The van der Waals surface area contributed by atoms with Crippen LogP contribution >= 0.6 is 11.6 Å². The molecule has 0 bridgehead atoms. The van der Waals surface area contributed by atoms with Crippen molar-refractivity contribution in [2.24, 2.45) is 0 Å². The van der Waals surface area contributed by atoms with Crippen molar-refractivity contribution in [3.8, 4) is 0 Å². The molecule has 0 saturated carbocycles. The molecular formula is C26H26ClN3O3. The molecule has 1 aliphatic heterocycles. The van der Waals surface area contributed by atoms with Gasteiger partial charge in [-0.3, -0.25) is 4.79 Å². The first-order chi connectivity index (χ1) is 16.1. The van der Waals surface area contributed by atoms with E-state index in [2.05, 4.69) is 10.2 Å². The van der Waals surface area contributed by atoms with Crippen molar-refractivity contribution >= 4 is 40.7 Å². The van der Waals surface area contributed by atoms with Crippen LogP contribution in [0.4, 0.5) is 21.9 Å². The highest BCUT2D eigenvalue weighted by molar-refractivity contribution is 6.31. The van der Waals surface area contributed by atoms with E-state index in [4.69, 9.17) is 16.3 Å². The van der Waals surface area contributed by atoms with Crippen LogP contribution < -0.4 is 15.1 Å². The molecule has 7 heteroatoms. The van der Waals surface area contributed by atoms with Crippen LogP contribution in [0.25, 0.3) is 0 Å². The molecule has 0 atom stereocenters. The van der Waals surface area contributed by atoms with Gasteiger partial charge in [0, 0.05) is 18.6 Å². The van der Waals surface area contributed by atoms with Gasteiger partial charge in [-0.2, -0.15) is 0 Å². The molecule has 0 saturated heterocycles. The zero-order chi connectivity index (χ0) is 23.2. The van der Waals surface area contributed by atoms with Gasteiger partial charge in [-0.15, -0.1) is 0 Å². The minimum absolute atomic E-state index is 0.0663. The molecule has 2 amide bonds. The molecule has 1 N–H and O–H groups in total. The summed E-state index contributed by atoms with van der Waals surface area (Å²) in [7, 11) is 1.54. The largest absolute Gasteiger partial charge is 0.450 e. The number of fused-ring (bicyclic) bond motifs is 2. The third-order valence-electron chi connectivity index (χ3n) is 5.59. The van der Waals surface area contributed by atoms with Gasteiger partial charge in [0.15, 0.2) is 0 Å². The fraction of sp³-hybridized carbons (Fsp3) is 0.231. The van der Waals surface area contributed by atoms with Gasteiger partial charge < -0.3 is 19.9 Å². The van der Waals surface area contributed by atoms with Crippen molar-refractivity contribution in [2.45, 2.75) is 19.4 Å². The molecule has 33 heavy (non-hydrogen) atoms. The molecule has 4 rings (SSSR count). The van der Waals surface area contributed by atoms with Crippen LogP contribution in [0.3, 0.4) is 0 Å². The third-order valence-corrected chi connectivity index (χ3v) is 5.82. The van der Waals surface area contributed by atoms with Crippen molar-refractivity contribution in [2.75, 3.05) is 30.0 Å². The maximum absolute atomic E-state index is 13.7. The SMILES string of the molecule is CNC(=O)OCCCCN1c2cc(Cl)ccc2C(=O)N(Cc2ccccc2)c2ccccc21. The second-order valence-electron chi connectivity index (χ2n) is 7.77. The van der Waals surface area contributed by atoms with Crippen LogP contribution in [0, 0.1) is 0 Å². The summed E-state index contributed by atoms with van der Waals surface area (Å²) in [6, 6.07) is 23.3. The number of amides is 2. The molecule has 0 radical (unpaired) electrons. The van der Waals surface area contributed by atoms with Gasteiger partial charge >= 0.3 is 6.09 Å². The number of benzene rings is 3. The van der Waals surface area contributed by atoms with Crippen molar-refractivity contribution in [1.82, 2.24) is 5.32 Å². The van der Waals surface area contributed by atoms with E-state index >= 15 is 0 Å². The zero-order valence-corrected chi connectivity index (χ0v) is 19.2. The number of nitrogens with zero attached hydrogens (tertiary/aromatic N) is 2. The molecule has 0 aromatic heterocycles. The highest BCUT2D eigenvalue weighted by Crippen LogP contribution is 2.42. The Bertz CT molecular complexity index is 1140. The van der Waals surface area contributed by atoms with E-state index < -0.39 is 6.09 Å². The lowest BCUT2D eigenvalue weighted by Crippen LogP contribution is -2.29. The van der Waals surface area contributed by atoms with Gasteiger partial charge in [0.05, 0.1) is 35.8 Å². The van der Waals surface area contributed by atoms with E-state index in [0.29, 0.717) is 36.7 Å². The van der Waals surface area contributed by atoms with Gasteiger partial charge in [0.25, 0.3) is 5.91 Å². The first kappa shape index (κ1) is 22.7. The summed E-state index contributed by atoms with van der Waals surface area (Å²) in [5.74, 6) is -0.0663. The summed E-state index contributed by atoms with van der Waals surface area (Å²) in [6.07, 6.45) is 1.03. The van der Waals surface area contributed by atoms with E-state index in [9.17, 15) is 9.59 Å². The summed E-state index contributed by atoms with van der Waals surface area (Å²) >= 11 is 6.35. The molecule has 0 aliphatic carbocycles. The van der Waals surface area contributed by atoms with Gasteiger partial charge in [-0.05, 0) is 48.7 Å². The number of rotatable bonds is 7. The molecule has 0 unspecified atom stereocenters. The van der Waals surface area contributed by atoms with Crippen LogP contribution in [0.5, 0.6) is 0 Å². The van der Waals surface area contributed by atoms with E-state index in [-0.39, 0.29) is 5.91 Å². The first-order valence-electron chi connectivity index (χ1n) is 10.9. The highest BCUT2D eigenvalue weighted by atomic mass is 35.5. The Morgan fingerprint density at radius 3 is 2.33 bits per heavy atom. The predicted octanol–water partition coefficient (Wildman–Crippen LogP) is 5.77. The fourth-order valence-electron chi connectivity index (χ4n) is 3.99. The van der Waals surface area contributed by atoms with Crippen LogP contribution in [-0.2, 0) is 11.3 Å². The second kappa shape index (κ2) is 10.4. The number of carbonyl (C=O) groups excluding carboxylic acids is 2. The fourth-order valence-corrected chi connectivity index (χ4v) is 4.15. The zero-order valence-electron chi connectivity index (χ0n) is 18.5. The summed E-state index contributed by atoms with van der Waals surface area (Å²) < 4.78 is 5.11. The molecule has 3 aromatic carbocycles. The number of unbranched alkanes of at least 4 members (excludes halogenated alkanes) is 1. The molecule has 1 heterocycles. The van der Waals surface area contributed by atoms with Crippen molar-refractivity contribution < 1.29 is 14.3 Å². The molecule has 1 aliphatic rings. The summed E-state index contributed by atoms with van der Waals surface area (Å²) in [5.41, 5.74) is 4.22. The van der Waals surface area contributed by atoms with Crippen LogP contribution in [0.1, 0.15) is 28.8 Å². The number of alkyl carbamates (subject to hydrolysis) is 1. The Hall–Kier alpha value is -3.51. The number of para-hydroxylation sites is 2. The maximum atomic E-state index is 13.7. The smallest absolute Gasteiger partial charge is 0.406 e. The Kier molecular flexibility index (Phi) is 7.15. The number of halogens is 1.